The first-order valence-electron chi connectivity index (χ1n) is 4.55. The maximum absolute atomic E-state index is 9.76. The number of hydrogen-bond acceptors (Lipinski definition) is 1. The fourth-order valence-electron chi connectivity index (χ4n) is 0.999. The molecule has 0 aromatic heterocycles. The molecule has 0 saturated heterocycles. The van der Waals surface area contributed by atoms with Crippen LogP contribution in [0.4, 0.5) is 0 Å². The Bertz CT molecular complexity index is 145. The van der Waals surface area contributed by atoms with Crippen molar-refractivity contribution >= 4 is 6.29 Å². The molecule has 0 rings (SSSR count). The van der Waals surface area contributed by atoms with Gasteiger partial charge in [-0.15, -0.1) is 0 Å². The van der Waals surface area contributed by atoms with Gasteiger partial charge in [0, 0.05) is 0 Å². The van der Waals surface area contributed by atoms with Gasteiger partial charge < -0.3 is 0 Å². The molecular weight excluding hydrogens is 148 g/mol. The second-order valence-corrected chi connectivity index (χ2v) is 2.73. The highest BCUT2D eigenvalue weighted by Gasteiger charge is 1.84. The summed E-state index contributed by atoms with van der Waals surface area (Å²) in [5.41, 5.74) is 0. The summed E-state index contributed by atoms with van der Waals surface area (Å²) in [5.74, 6) is 0. The third-order valence-corrected chi connectivity index (χ3v) is 1.66. The Kier molecular flexibility index (Phi) is 9.43. The van der Waals surface area contributed by atoms with Crippen LogP contribution >= 0.6 is 0 Å². The summed E-state index contributed by atoms with van der Waals surface area (Å²) in [6, 6.07) is 0. The summed E-state index contributed by atoms with van der Waals surface area (Å²) in [7, 11) is 0. The van der Waals surface area contributed by atoms with E-state index in [-0.39, 0.29) is 0 Å². The summed E-state index contributed by atoms with van der Waals surface area (Å²) in [6.07, 6.45) is 15.2. The topological polar surface area (TPSA) is 17.1 Å². The highest BCUT2D eigenvalue weighted by molar-refractivity contribution is 5.65. The number of hydrogen-bond donors (Lipinski definition) is 0. The minimum absolute atomic E-state index is 1.01. The van der Waals surface area contributed by atoms with Crippen molar-refractivity contribution in [3.63, 3.8) is 0 Å². The zero-order valence-corrected chi connectivity index (χ0v) is 7.75. The summed E-state index contributed by atoms with van der Waals surface area (Å²) < 4.78 is 0. The second-order valence-electron chi connectivity index (χ2n) is 2.73. The van der Waals surface area contributed by atoms with Crippen LogP contribution in [0.15, 0.2) is 24.3 Å². The molecule has 0 bridgehead atoms. The lowest BCUT2D eigenvalue weighted by atomic mass is 10.1. The van der Waals surface area contributed by atoms with E-state index < -0.39 is 0 Å². The molecule has 0 N–H and O–H groups in total. The van der Waals surface area contributed by atoms with E-state index in [0.29, 0.717) is 0 Å². The van der Waals surface area contributed by atoms with E-state index >= 15 is 0 Å². The van der Waals surface area contributed by atoms with Gasteiger partial charge in [-0.2, -0.15) is 0 Å². The van der Waals surface area contributed by atoms with Crippen LogP contribution in [0.5, 0.6) is 0 Å². The maximum atomic E-state index is 9.76. The molecule has 0 aliphatic carbocycles. The van der Waals surface area contributed by atoms with Gasteiger partial charge in [0.15, 0.2) is 0 Å². The van der Waals surface area contributed by atoms with Crippen molar-refractivity contribution in [3.8, 4) is 0 Å². The molecule has 0 aliphatic rings. The van der Waals surface area contributed by atoms with Gasteiger partial charge in [-0.3, -0.25) is 4.79 Å². The van der Waals surface area contributed by atoms with E-state index in [1.165, 1.54) is 31.8 Å². The van der Waals surface area contributed by atoms with E-state index in [1.807, 2.05) is 13.0 Å². The van der Waals surface area contributed by atoms with Crippen LogP contribution in [0.3, 0.4) is 0 Å². The van der Waals surface area contributed by atoms with Crippen molar-refractivity contribution in [1.82, 2.24) is 0 Å². The first-order valence-corrected chi connectivity index (χ1v) is 4.55. The van der Waals surface area contributed by atoms with Crippen LogP contribution in [-0.2, 0) is 4.79 Å². The predicted molar refractivity (Wildman–Crippen MR) is 52.7 cm³/mol. The summed E-state index contributed by atoms with van der Waals surface area (Å²) in [4.78, 5) is 9.76. The van der Waals surface area contributed by atoms with E-state index in [0.717, 1.165) is 6.42 Å². The number of allylic oxidation sites excluding steroid dienone is 4. The lowest BCUT2D eigenvalue weighted by Crippen LogP contribution is -1.74. The molecule has 0 aliphatic heterocycles. The van der Waals surface area contributed by atoms with Crippen molar-refractivity contribution in [2.45, 2.75) is 39.0 Å². The molecule has 12 heavy (non-hydrogen) atoms. The molecule has 1 nitrogen and oxygen atoms in total. The minimum Gasteiger partial charge on any atom is -0.286 e. The zero-order chi connectivity index (χ0) is 9.07. The van der Waals surface area contributed by atoms with Gasteiger partial charge in [0.25, 0.3) is 0 Å². The predicted octanol–water partition coefficient (Wildman–Crippen LogP) is 3.18. The van der Waals surface area contributed by atoms with Crippen LogP contribution in [-0.4, -0.2) is 6.29 Å². The average Bonchev–Trinajstić information content (AvgIpc) is 2.10. The molecule has 0 aromatic carbocycles. The van der Waals surface area contributed by atoms with Crippen molar-refractivity contribution in [2.75, 3.05) is 0 Å². The molecule has 0 heterocycles. The molecule has 0 amide bonds. The summed E-state index contributed by atoms with van der Waals surface area (Å²) in [5, 5.41) is 0. The summed E-state index contributed by atoms with van der Waals surface area (Å²) >= 11 is 0. The Labute approximate surface area is 75.2 Å². The highest BCUT2D eigenvalue weighted by Crippen LogP contribution is 2.03. The number of carbonyl (C=O) groups excluding carboxylic acids is 1. The number of unbranched alkanes of at least 4 members (excludes halogenated alkanes) is 4. The van der Waals surface area contributed by atoms with Gasteiger partial charge in [-0.05, 0) is 38.7 Å². The smallest absolute Gasteiger partial charge is 0.225 e. The van der Waals surface area contributed by atoms with Gasteiger partial charge >= 0.3 is 0 Å². The van der Waals surface area contributed by atoms with Gasteiger partial charge in [-0.1, -0.05) is 24.6 Å². The molecule has 0 unspecified atom stereocenters. The summed E-state index contributed by atoms with van der Waals surface area (Å²) in [6.45, 7) is 2.04. The van der Waals surface area contributed by atoms with Crippen LogP contribution in [0.2, 0.25) is 0 Å². The Morgan fingerprint density at radius 3 is 2.33 bits per heavy atom. The second kappa shape index (κ2) is 10.2. The van der Waals surface area contributed by atoms with E-state index in [4.69, 9.17) is 0 Å². The van der Waals surface area contributed by atoms with Crippen molar-refractivity contribution in [2.24, 2.45) is 0 Å². The Morgan fingerprint density at radius 1 is 1.08 bits per heavy atom. The first-order chi connectivity index (χ1) is 5.91. The zero-order valence-electron chi connectivity index (χ0n) is 7.75. The van der Waals surface area contributed by atoms with E-state index in [1.54, 1.807) is 6.29 Å². The largest absolute Gasteiger partial charge is 0.286 e. The van der Waals surface area contributed by atoms with Crippen LogP contribution < -0.4 is 0 Å². The molecule has 0 aromatic rings. The SMILES string of the molecule is CC=CCCCCCC=C[C]=O. The molecule has 0 atom stereocenters. The van der Waals surface area contributed by atoms with Crippen molar-refractivity contribution in [3.05, 3.63) is 24.3 Å². The molecule has 0 spiro atoms. The normalized spacial score (nSPS) is 11.4. The Balaban J connectivity index is 3.00. The standard InChI is InChI=1S/C11H17O/c1-2-3-4-5-6-7-8-9-10-11-12/h2-3,9-10H,4-8H2,1H3. The third kappa shape index (κ3) is 9.15. The molecule has 67 valence electrons. The highest BCUT2D eigenvalue weighted by atomic mass is 16.1. The first kappa shape index (κ1) is 11.2. The Hall–Kier alpha value is -0.850. The van der Waals surface area contributed by atoms with Crippen LogP contribution in [0, 0.1) is 0 Å². The van der Waals surface area contributed by atoms with Gasteiger partial charge in [-0.25, -0.2) is 0 Å². The van der Waals surface area contributed by atoms with E-state index in [9.17, 15) is 4.79 Å². The van der Waals surface area contributed by atoms with Crippen molar-refractivity contribution < 1.29 is 4.79 Å². The molecular formula is C11H17O. The molecule has 0 saturated carbocycles. The molecule has 1 heteroatoms. The minimum atomic E-state index is 1.01. The van der Waals surface area contributed by atoms with Crippen LogP contribution in [0.1, 0.15) is 39.0 Å². The number of rotatable bonds is 7. The fourth-order valence-corrected chi connectivity index (χ4v) is 0.999. The van der Waals surface area contributed by atoms with Crippen LogP contribution in [0.25, 0.3) is 0 Å². The quantitative estimate of drug-likeness (QED) is 0.321. The van der Waals surface area contributed by atoms with Gasteiger partial charge in [0.1, 0.15) is 0 Å². The van der Waals surface area contributed by atoms with Gasteiger partial charge in [0.05, 0.1) is 0 Å². The van der Waals surface area contributed by atoms with Gasteiger partial charge in [0.2, 0.25) is 6.29 Å². The lowest BCUT2D eigenvalue weighted by Gasteiger charge is -1.93. The van der Waals surface area contributed by atoms with Crippen molar-refractivity contribution in [1.29, 1.82) is 0 Å². The van der Waals surface area contributed by atoms with E-state index in [2.05, 4.69) is 12.2 Å². The maximum Gasteiger partial charge on any atom is 0.225 e. The molecule has 1 radical (unpaired) electrons. The monoisotopic (exact) mass is 165 g/mol. The third-order valence-electron chi connectivity index (χ3n) is 1.66. The molecule has 0 fully saturated rings. The Morgan fingerprint density at radius 2 is 1.75 bits per heavy atom. The fraction of sp³-hybridized carbons (Fsp3) is 0.545. The lowest BCUT2D eigenvalue weighted by molar-refractivity contribution is 0.564. The average molecular weight is 165 g/mol.